The Bertz CT molecular complexity index is 1500. The van der Waals surface area contributed by atoms with Crippen molar-refractivity contribution < 1.29 is 23.9 Å². The Morgan fingerprint density at radius 3 is 1.25 bits per heavy atom. The zero-order valence-corrected chi connectivity index (χ0v) is 24.2. The molecule has 5 N–H and O–H groups in total. The first-order valence-corrected chi connectivity index (χ1v) is 14.4. The van der Waals surface area contributed by atoms with Crippen molar-refractivity contribution >= 4 is 23.8 Å². The lowest BCUT2D eigenvalue weighted by Gasteiger charge is -2.25. The average Bonchev–Trinajstić information content (AvgIpc) is 3.04. The second-order valence-corrected chi connectivity index (χ2v) is 10.4. The van der Waals surface area contributed by atoms with Crippen LogP contribution in [0, 0.1) is 0 Å². The number of nitrogens with one attached hydrogen (secondary N) is 3. The first-order valence-electron chi connectivity index (χ1n) is 14.4. The molecule has 0 fully saturated rings. The molecular weight excluding hydrogens is 556 g/mol. The first-order chi connectivity index (χ1) is 21.4. The Kier molecular flexibility index (Phi) is 11.6. The number of hydrogen-bond donors (Lipinski definition) is 4. The van der Waals surface area contributed by atoms with Gasteiger partial charge >= 0.3 is 6.09 Å². The van der Waals surface area contributed by atoms with E-state index in [0.717, 1.165) is 22.3 Å². The maximum atomic E-state index is 13.7. The highest BCUT2D eigenvalue weighted by Crippen LogP contribution is 2.10. The Morgan fingerprint density at radius 1 is 0.500 bits per heavy atom. The molecule has 0 saturated carbocycles. The molecule has 226 valence electrons. The lowest BCUT2D eigenvalue weighted by atomic mass is 10.0. The minimum atomic E-state index is -1.07. The Labute approximate surface area is 256 Å². The van der Waals surface area contributed by atoms with Crippen LogP contribution < -0.4 is 21.7 Å². The van der Waals surface area contributed by atoms with Crippen LogP contribution in [0.4, 0.5) is 4.79 Å². The average molecular weight is 593 g/mol. The zero-order valence-electron chi connectivity index (χ0n) is 24.2. The molecule has 0 spiro atoms. The van der Waals surface area contributed by atoms with Gasteiger partial charge in [-0.25, -0.2) is 4.79 Å². The molecule has 0 bridgehead atoms. The van der Waals surface area contributed by atoms with Crippen molar-refractivity contribution in [2.75, 3.05) is 0 Å². The van der Waals surface area contributed by atoms with Crippen LogP contribution in [0.1, 0.15) is 22.3 Å². The quantitative estimate of drug-likeness (QED) is 0.178. The first kappa shape index (κ1) is 31.5. The van der Waals surface area contributed by atoms with Gasteiger partial charge in [0.25, 0.3) is 0 Å². The highest BCUT2D eigenvalue weighted by atomic mass is 16.5. The number of primary amides is 1. The summed E-state index contributed by atoms with van der Waals surface area (Å²) in [5, 5.41) is 8.17. The third-order valence-electron chi connectivity index (χ3n) is 6.96. The van der Waals surface area contributed by atoms with Crippen molar-refractivity contribution in [2.45, 2.75) is 44.0 Å². The fraction of sp³-hybridized carbons (Fsp3) is 0.200. The molecule has 0 heterocycles. The maximum absolute atomic E-state index is 13.7. The minimum Gasteiger partial charge on any atom is -0.445 e. The molecule has 9 heteroatoms. The summed E-state index contributed by atoms with van der Waals surface area (Å²) in [5.74, 6) is -1.86. The van der Waals surface area contributed by atoms with Crippen molar-refractivity contribution in [1.29, 1.82) is 0 Å². The molecule has 0 saturated heterocycles. The van der Waals surface area contributed by atoms with Crippen molar-refractivity contribution in [3.05, 3.63) is 144 Å². The number of carbonyl (C=O) groups is 4. The third-order valence-corrected chi connectivity index (χ3v) is 6.96. The summed E-state index contributed by atoms with van der Waals surface area (Å²) in [4.78, 5) is 52.4. The van der Waals surface area contributed by atoms with Gasteiger partial charge in [0.15, 0.2) is 0 Å². The molecule has 0 radical (unpaired) electrons. The highest BCUT2D eigenvalue weighted by Gasteiger charge is 2.30. The van der Waals surface area contributed by atoms with Crippen LogP contribution >= 0.6 is 0 Å². The predicted molar refractivity (Wildman–Crippen MR) is 167 cm³/mol. The van der Waals surface area contributed by atoms with Gasteiger partial charge in [-0.1, -0.05) is 121 Å². The molecular formula is C35H36N4O5. The van der Waals surface area contributed by atoms with Crippen LogP contribution in [0.15, 0.2) is 121 Å². The summed E-state index contributed by atoms with van der Waals surface area (Å²) < 4.78 is 5.37. The normalized spacial score (nSPS) is 12.6. The van der Waals surface area contributed by atoms with Gasteiger partial charge in [-0.2, -0.15) is 0 Å². The second kappa shape index (κ2) is 16.3. The zero-order chi connectivity index (χ0) is 31.1. The topological polar surface area (TPSA) is 140 Å². The van der Waals surface area contributed by atoms with Crippen LogP contribution in [0.5, 0.6) is 0 Å². The summed E-state index contributed by atoms with van der Waals surface area (Å²) in [5.41, 5.74) is 8.86. The number of rotatable bonds is 14. The highest BCUT2D eigenvalue weighted by molar-refractivity contribution is 5.94. The van der Waals surface area contributed by atoms with Crippen LogP contribution in [0.25, 0.3) is 0 Å². The van der Waals surface area contributed by atoms with E-state index in [4.69, 9.17) is 10.5 Å². The number of benzene rings is 4. The van der Waals surface area contributed by atoms with Crippen molar-refractivity contribution in [2.24, 2.45) is 5.73 Å². The second-order valence-electron chi connectivity index (χ2n) is 10.4. The number of carbonyl (C=O) groups excluding carboxylic acids is 4. The van der Waals surface area contributed by atoms with Crippen LogP contribution in [0.3, 0.4) is 0 Å². The van der Waals surface area contributed by atoms with E-state index in [1.54, 1.807) is 0 Å². The Hall–Kier alpha value is -5.44. The van der Waals surface area contributed by atoms with E-state index < -0.39 is 41.9 Å². The molecule has 4 aromatic carbocycles. The van der Waals surface area contributed by atoms with Gasteiger partial charge in [0.05, 0.1) is 0 Å². The Morgan fingerprint density at radius 2 is 0.841 bits per heavy atom. The van der Waals surface area contributed by atoms with E-state index in [1.165, 1.54) is 0 Å². The largest absolute Gasteiger partial charge is 0.445 e. The van der Waals surface area contributed by atoms with Crippen LogP contribution in [0.2, 0.25) is 0 Å². The molecule has 0 aliphatic carbocycles. The van der Waals surface area contributed by atoms with Gasteiger partial charge in [0, 0.05) is 19.3 Å². The summed E-state index contributed by atoms with van der Waals surface area (Å²) >= 11 is 0. The van der Waals surface area contributed by atoms with Crippen molar-refractivity contribution in [3.8, 4) is 0 Å². The van der Waals surface area contributed by atoms with Crippen LogP contribution in [-0.2, 0) is 45.0 Å². The molecule has 9 nitrogen and oxygen atoms in total. The number of hydrogen-bond acceptors (Lipinski definition) is 5. The van der Waals surface area contributed by atoms with E-state index >= 15 is 0 Å². The molecule has 0 aliphatic rings. The minimum absolute atomic E-state index is 0.0291. The lowest BCUT2D eigenvalue weighted by molar-refractivity contribution is -0.131. The molecule has 0 aliphatic heterocycles. The fourth-order valence-corrected chi connectivity index (χ4v) is 4.64. The maximum Gasteiger partial charge on any atom is 0.408 e. The van der Waals surface area contributed by atoms with Gasteiger partial charge in [-0.15, -0.1) is 0 Å². The monoisotopic (exact) mass is 592 g/mol. The standard InChI is InChI=1S/C35H36N4O5/c36-32(40)29(21-25-13-5-1-6-14-25)37-33(41)30(22-26-15-7-2-8-16-26)38-34(42)31(23-27-17-9-3-10-18-27)39-35(43)44-24-28-19-11-4-12-20-28/h1-20,29-31H,21-24H2,(H2,36,40)(H,37,41)(H,38,42)(H,39,43)/t29-,30-,31-/m1/s1. The number of amides is 4. The number of alkyl carbamates (subject to hydrolysis) is 1. The number of nitrogens with two attached hydrogens (primary N) is 1. The van der Waals surface area contributed by atoms with E-state index in [0.29, 0.717) is 0 Å². The summed E-state index contributed by atoms with van der Waals surface area (Å²) in [6.07, 6.45) is -0.277. The van der Waals surface area contributed by atoms with Crippen molar-refractivity contribution in [3.63, 3.8) is 0 Å². The van der Waals surface area contributed by atoms with E-state index in [-0.39, 0.29) is 25.9 Å². The van der Waals surface area contributed by atoms with E-state index in [1.807, 2.05) is 121 Å². The molecule has 0 unspecified atom stereocenters. The SMILES string of the molecule is NC(=O)[C@@H](Cc1ccccc1)NC(=O)[C@@H](Cc1ccccc1)NC(=O)[C@@H](Cc1ccccc1)NC(=O)OCc1ccccc1. The molecule has 4 rings (SSSR count). The summed E-state index contributed by atoms with van der Waals surface area (Å²) in [6, 6.07) is 33.6. The summed E-state index contributed by atoms with van der Waals surface area (Å²) in [7, 11) is 0. The molecule has 3 atom stereocenters. The molecule has 44 heavy (non-hydrogen) atoms. The van der Waals surface area contributed by atoms with Crippen LogP contribution in [-0.4, -0.2) is 41.9 Å². The lowest BCUT2D eigenvalue weighted by Crippen LogP contribution is -2.57. The third kappa shape index (κ3) is 10.1. The smallest absolute Gasteiger partial charge is 0.408 e. The molecule has 4 aromatic rings. The van der Waals surface area contributed by atoms with Gasteiger partial charge in [0.2, 0.25) is 17.7 Å². The fourth-order valence-electron chi connectivity index (χ4n) is 4.64. The van der Waals surface area contributed by atoms with Gasteiger partial charge in [-0.05, 0) is 22.3 Å². The van der Waals surface area contributed by atoms with Gasteiger partial charge in [-0.3, -0.25) is 14.4 Å². The Balaban J connectivity index is 1.51. The van der Waals surface area contributed by atoms with E-state index in [2.05, 4.69) is 16.0 Å². The summed E-state index contributed by atoms with van der Waals surface area (Å²) in [6.45, 7) is 0.0291. The molecule has 0 aromatic heterocycles. The molecule has 4 amide bonds. The van der Waals surface area contributed by atoms with Gasteiger partial charge in [0.1, 0.15) is 24.7 Å². The predicted octanol–water partition coefficient (Wildman–Crippen LogP) is 3.46. The number of ether oxygens (including phenoxy) is 1. The van der Waals surface area contributed by atoms with Gasteiger partial charge < -0.3 is 26.4 Å². The van der Waals surface area contributed by atoms with Crippen molar-refractivity contribution in [1.82, 2.24) is 16.0 Å². The van der Waals surface area contributed by atoms with E-state index in [9.17, 15) is 19.2 Å².